The number of hydrogen-bond donors (Lipinski definition) is 0. The van der Waals surface area contributed by atoms with Crippen molar-refractivity contribution in [3.63, 3.8) is 0 Å². The first kappa shape index (κ1) is 7.09. The van der Waals surface area contributed by atoms with Crippen molar-refractivity contribution in [3.8, 4) is 5.75 Å². The third-order valence-corrected chi connectivity index (χ3v) is 1.30. The first-order valence-electron chi connectivity index (χ1n) is 2.67. The van der Waals surface area contributed by atoms with Crippen molar-refractivity contribution in [1.29, 1.82) is 0 Å². The zero-order valence-electron chi connectivity index (χ0n) is 5.00. The van der Waals surface area contributed by atoms with Gasteiger partial charge in [-0.2, -0.15) is 0 Å². The van der Waals surface area contributed by atoms with Gasteiger partial charge in [0.15, 0.2) is 0 Å². The second kappa shape index (κ2) is 2.71. The molecule has 0 radical (unpaired) electrons. The fourth-order valence-electron chi connectivity index (χ4n) is 0.586. The lowest BCUT2D eigenvalue weighted by Gasteiger charge is -2.02. The molecule has 0 N–H and O–H groups in total. The highest BCUT2D eigenvalue weighted by atomic mass is 35.5. The van der Waals surface area contributed by atoms with E-state index >= 15 is 0 Å². The van der Waals surface area contributed by atoms with Gasteiger partial charge in [0.05, 0.1) is 0 Å². The van der Waals surface area contributed by atoms with Crippen molar-refractivity contribution in [2.45, 2.75) is 0 Å². The molecule has 1 aromatic rings. The smallest absolute Gasteiger partial charge is 0.252 e. The van der Waals surface area contributed by atoms with Gasteiger partial charge in [0.2, 0.25) is 0 Å². The Hall–Kier alpha value is -1.02. The van der Waals surface area contributed by atoms with Crippen LogP contribution in [0.15, 0.2) is 24.3 Å². The van der Waals surface area contributed by atoms with Crippen LogP contribution in [-0.2, 0) is 0 Å². The Kier molecular flexibility index (Phi) is 1.92. The number of carbonyl (C=O) groups excluding carboxylic acids is 1. The van der Waals surface area contributed by atoms with Crippen LogP contribution in [0.1, 0.15) is 10.4 Å². The minimum absolute atomic E-state index is 0.123. The maximum absolute atomic E-state index is 10.5. The normalized spacial score (nSPS) is 9.30. The predicted molar refractivity (Wildman–Crippen MR) is 36.1 cm³/mol. The lowest BCUT2D eigenvalue weighted by Crippen LogP contribution is -1.91. The molecule has 0 heterocycles. The maximum Gasteiger partial charge on any atom is 0.252 e. The predicted octanol–water partition coefficient (Wildman–Crippen LogP) is 1.14. The van der Waals surface area contributed by atoms with E-state index in [1.807, 2.05) is 0 Å². The minimum Gasteiger partial charge on any atom is -0.872 e. The van der Waals surface area contributed by atoms with E-state index in [-0.39, 0.29) is 5.75 Å². The summed E-state index contributed by atoms with van der Waals surface area (Å²) in [5.74, 6) is -0.123. The minimum atomic E-state index is -0.542. The quantitative estimate of drug-likeness (QED) is 0.571. The zero-order valence-corrected chi connectivity index (χ0v) is 5.76. The molecule has 0 spiro atoms. The van der Waals surface area contributed by atoms with Gasteiger partial charge in [0, 0.05) is 5.56 Å². The molecular weight excluding hydrogens is 152 g/mol. The van der Waals surface area contributed by atoms with Gasteiger partial charge < -0.3 is 5.11 Å². The summed E-state index contributed by atoms with van der Waals surface area (Å²) in [6.45, 7) is 0. The molecule has 0 saturated carbocycles. The molecule has 0 atom stereocenters. The molecule has 10 heavy (non-hydrogen) atoms. The van der Waals surface area contributed by atoms with Gasteiger partial charge in [0.1, 0.15) is 0 Å². The molecule has 0 aromatic heterocycles. The molecule has 52 valence electrons. The van der Waals surface area contributed by atoms with E-state index in [9.17, 15) is 9.90 Å². The molecule has 0 bridgehead atoms. The third kappa shape index (κ3) is 1.48. The van der Waals surface area contributed by atoms with Gasteiger partial charge in [-0.15, -0.1) is 5.75 Å². The third-order valence-electron chi connectivity index (χ3n) is 1.08. The van der Waals surface area contributed by atoms with Gasteiger partial charge in [-0.3, -0.25) is 4.79 Å². The number of carbonyl (C=O) groups is 1. The second-order valence-electron chi connectivity index (χ2n) is 1.80. The zero-order chi connectivity index (χ0) is 7.56. The lowest BCUT2D eigenvalue weighted by atomic mass is 10.2. The second-order valence-corrected chi connectivity index (χ2v) is 2.14. The van der Waals surface area contributed by atoms with E-state index < -0.39 is 5.24 Å². The fourth-order valence-corrected chi connectivity index (χ4v) is 0.712. The maximum atomic E-state index is 10.5. The standard InChI is InChI=1S/C7H5ClO2/c8-7(10)5-1-3-6(9)4-2-5/h1-4,9H/p-1. The van der Waals surface area contributed by atoms with Crippen LogP contribution >= 0.6 is 11.6 Å². The topological polar surface area (TPSA) is 40.1 Å². The average Bonchev–Trinajstić information content (AvgIpc) is 1.88. The molecular formula is C7H4ClO2-. The summed E-state index contributed by atoms with van der Waals surface area (Å²) >= 11 is 5.11. The van der Waals surface area contributed by atoms with Crippen LogP contribution < -0.4 is 5.11 Å². The molecule has 1 aromatic carbocycles. The van der Waals surface area contributed by atoms with Crippen molar-refractivity contribution in [2.24, 2.45) is 0 Å². The van der Waals surface area contributed by atoms with Crippen LogP contribution in [-0.4, -0.2) is 5.24 Å². The molecule has 2 nitrogen and oxygen atoms in total. The Morgan fingerprint density at radius 3 is 2.20 bits per heavy atom. The van der Waals surface area contributed by atoms with E-state index in [2.05, 4.69) is 0 Å². The molecule has 0 saturated heterocycles. The number of benzene rings is 1. The Morgan fingerprint density at radius 2 is 1.80 bits per heavy atom. The molecule has 0 aliphatic carbocycles. The van der Waals surface area contributed by atoms with Crippen molar-refractivity contribution in [1.82, 2.24) is 0 Å². The first-order chi connectivity index (χ1) is 4.70. The Bertz CT molecular complexity index is 240. The van der Waals surface area contributed by atoms with Gasteiger partial charge >= 0.3 is 0 Å². The van der Waals surface area contributed by atoms with Crippen molar-refractivity contribution in [3.05, 3.63) is 29.8 Å². The van der Waals surface area contributed by atoms with Crippen LogP contribution in [0.3, 0.4) is 0 Å². The van der Waals surface area contributed by atoms with E-state index in [1.165, 1.54) is 24.3 Å². The molecule has 0 aliphatic heterocycles. The highest BCUT2D eigenvalue weighted by Crippen LogP contribution is 2.08. The summed E-state index contributed by atoms with van der Waals surface area (Å²) in [6, 6.07) is 5.40. The largest absolute Gasteiger partial charge is 0.872 e. The molecule has 3 heteroatoms. The summed E-state index contributed by atoms with van der Waals surface area (Å²) in [6.07, 6.45) is 0. The van der Waals surface area contributed by atoms with Gasteiger partial charge in [-0.1, -0.05) is 24.3 Å². The molecule has 1 rings (SSSR count). The fraction of sp³-hybridized carbons (Fsp3) is 0. The highest BCUT2D eigenvalue weighted by Gasteiger charge is 1.96. The van der Waals surface area contributed by atoms with Crippen molar-refractivity contribution in [2.75, 3.05) is 0 Å². The highest BCUT2D eigenvalue weighted by molar-refractivity contribution is 6.67. The Balaban J connectivity index is 3.00. The summed E-state index contributed by atoms with van der Waals surface area (Å²) in [5.41, 5.74) is 0.348. The van der Waals surface area contributed by atoms with E-state index in [1.54, 1.807) is 0 Å². The van der Waals surface area contributed by atoms with Crippen LogP contribution in [0.4, 0.5) is 0 Å². The molecule has 0 aliphatic rings. The van der Waals surface area contributed by atoms with Crippen LogP contribution in [0.5, 0.6) is 5.75 Å². The first-order valence-corrected chi connectivity index (χ1v) is 3.05. The van der Waals surface area contributed by atoms with Crippen LogP contribution in [0.25, 0.3) is 0 Å². The molecule has 0 fully saturated rings. The summed E-state index contributed by atoms with van der Waals surface area (Å²) in [5, 5.41) is 9.95. The average molecular weight is 156 g/mol. The van der Waals surface area contributed by atoms with E-state index in [0.717, 1.165) is 0 Å². The van der Waals surface area contributed by atoms with Gasteiger partial charge in [-0.25, -0.2) is 0 Å². The SMILES string of the molecule is O=C(Cl)c1ccc([O-])cc1. The van der Waals surface area contributed by atoms with Crippen LogP contribution in [0.2, 0.25) is 0 Å². The van der Waals surface area contributed by atoms with Crippen molar-refractivity contribution >= 4 is 16.8 Å². The van der Waals surface area contributed by atoms with Gasteiger partial charge in [-0.05, 0) is 11.6 Å². The molecule has 0 amide bonds. The van der Waals surface area contributed by atoms with Gasteiger partial charge in [0.25, 0.3) is 5.24 Å². The van der Waals surface area contributed by atoms with Crippen LogP contribution in [0, 0.1) is 0 Å². The van der Waals surface area contributed by atoms with E-state index in [4.69, 9.17) is 11.6 Å². The molecule has 0 unspecified atom stereocenters. The number of hydrogen-bond acceptors (Lipinski definition) is 2. The number of rotatable bonds is 1. The Morgan fingerprint density at radius 1 is 1.30 bits per heavy atom. The van der Waals surface area contributed by atoms with E-state index in [0.29, 0.717) is 5.56 Å². The van der Waals surface area contributed by atoms with Crippen molar-refractivity contribution < 1.29 is 9.90 Å². The number of halogens is 1. The summed E-state index contributed by atoms with van der Waals surface area (Å²) < 4.78 is 0. The summed E-state index contributed by atoms with van der Waals surface area (Å²) in [4.78, 5) is 10.4. The summed E-state index contributed by atoms with van der Waals surface area (Å²) in [7, 11) is 0. The lowest BCUT2D eigenvalue weighted by molar-refractivity contribution is -0.268. The Labute approximate surface area is 63.1 Å². The monoisotopic (exact) mass is 155 g/mol.